The highest BCUT2D eigenvalue weighted by Crippen LogP contribution is 2.33. The van der Waals surface area contributed by atoms with Crippen LogP contribution in [0.15, 0.2) is 12.2 Å². The molecule has 3 rings (SSSR count). The fourth-order valence-electron chi connectivity index (χ4n) is 10.2. The molecule has 19 nitrogen and oxygen atoms in total. The summed E-state index contributed by atoms with van der Waals surface area (Å²) in [4.78, 5) is 13.3. The van der Waals surface area contributed by atoms with Crippen LogP contribution in [0.4, 0.5) is 0 Å². The van der Waals surface area contributed by atoms with Crippen LogP contribution >= 0.6 is 0 Å². The first-order valence-electron chi connectivity index (χ1n) is 29.4. The van der Waals surface area contributed by atoms with Crippen LogP contribution in [0.2, 0.25) is 0 Å². The zero-order valence-electron chi connectivity index (χ0n) is 45.8. The summed E-state index contributed by atoms with van der Waals surface area (Å²) in [5.74, 6) is -0.274. The monoisotopic (exact) mass is 1080 g/mol. The Hall–Kier alpha value is -1.47. The average Bonchev–Trinajstić information content (AvgIpc) is 3.41. The largest absolute Gasteiger partial charge is 0.394 e. The summed E-state index contributed by atoms with van der Waals surface area (Å²) >= 11 is 0. The average molecular weight is 1080 g/mol. The summed E-state index contributed by atoms with van der Waals surface area (Å²) in [5, 5.41) is 120. The van der Waals surface area contributed by atoms with Gasteiger partial charge in [-0.25, -0.2) is 0 Å². The fourth-order valence-corrected chi connectivity index (χ4v) is 10.2. The third-order valence-electron chi connectivity index (χ3n) is 15.1. The van der Waals surface area contributed by atoms with Crippen molar-refractivity contribution in [2.45, 2.75) is 311 Å². The predicted molar refractivity (Wildman–Crippen MR) is 282 cm³/mol. The number of ether oxygens (including phenoxy) is 6. The third kappa shape index (κ3) is 25.3. The minimum atomic E-state index is -1.97. The summed E-state index contributed by atoms with van der Waals surface area (Å²) < 4.78 is 34.2. The molecule has 12 N–H and O–H groups in total. The summed E-state index contributed by atoms with van der Waals surface area (Å²) in [6.45, 7) is 1.72. The van der Waals surface area contributed by atoms with Crippen LogP contribution in [0.3, 0.4) is 0 Å². The van der Waals surface area contributed by atoms with Crippen molar-refractivity contribution in [1.29, 1.82) is 0 Å². The predicted octanol–water partition coefficient (Wildman–Crippen LogP) is 4.60. The fraction of sp³-hybridized carbons (Fsp3) is 0.946. The van der Waals surface area contributed by atoms with Crippen molar-refractivity contribution in [3.05, 3.63) is 12.2 Å². The summed E-state index contributed by atoms with van der Waals surface area (Å²) in [6, 6.07) is -0.966. The van der Waals surface area contributed by atoms with Gasteiger partial charge in [-0.2, -0.15) is 0 Å². The van der Waals surface area contributed by atoms with Gasteiger partial charge in [0.2, 0.25) is 5.91 Å². The molecule has 0 bridgehead atoms. The number of hydrogen-bond acceptors (Lipinski definition) is 18. The zero-order chi connectivity index (χ0) is 54.8. The van der Waals surface area contributed by atoms with Gasteiger partial charge in [0.25, 0.3) is 0 Å². The normalized spacial score (nSPS) is 31.2. The Morgan fingerprint density at radius 2 is 0.827 bits per heavy atom. The summed E-state index contributed by atoms with van der Waals surface area (Å²) in [5.41, 5.74) is 0. The molecule has 0 aromatic rings. The second-order valence-corrected chi connectivity index (χ2v) is 21.5. The van der Waals surface area contributed by atoms with E-state index in [-0.39, 0.29) is 18.9 Å². The quantitative estimate of drug-likeness (QED) is 0.0293. The van der Waals surface area contributed by atoms with Crippen molar-refractivity contribution < 1.29 is 89.4 Å². The van der Waals surface area contributed by atoms with E-state index in [2.05, 4.69) is 19.2 Å². The number of nitrogens with one attached hydrogen (secondary N) is 1. The number of carbonyl (C=O) groups excluding carboxylic acids is 1. The number of unbranched alkanes of at least 4 members (excludes halogenated alkanes) is 27. The van der Waals surface area contributed by atoms with E-state index in [1.165, 1.54) is 135 Å². The van der Waals surface area contributed by atoms with Crippen LogP contribution in [-0.2, 0) is 33.2 Å². The molecule has 17 unspecified atom stereocenters. The lowest BCUT2D eigenvalue weighted by Crippen LogP contribution is -2.66. The molecule has 3 heterocycles. The second kappa shape index (κ2) is 40.7. The van der Waals surface area contributed by atoms with Crippen molar-refractivity contribution in [2.75, 3.05) is 26.4 Å². The topological polar surface area (TPSA) is 307 Å². The van der Waals surface area contributed by atoms with Crippen LogP contribution in [0, 0.1) is 0 Å². The summed E-state index contributed by atoms with van der Waals surface area (Å²) in [7, 11) is 0. The summed E-state index contributed by atoms with van der Waals surface area (Å²) in [6.07, 6.45) is 11.9. The maximum Gasteiger partial charge on any atom is 0.220 e. The number of amides is 1. The number of allylic oxidation sites excluding steroid dienone is 1. The molecular weight excluding hydrogens is 975 g/mol. The Morgan fingerprint density at radius 1 is 0.467 bits per heavy atom. The van der Waals surface area contributed by atoms with E-state index < -0.39 is 124 Å². The first-order chi connectivity index (χ1) is 36.3. The van der Waals surface area contributed by atoms with Crippen molar-refractivity contribution in [3.63, 3.8) is 0 Å². The molecular formula is C56H105NO18. The van der Waals surface area contributed by atoms with Gasteiger partial charge < -0.3 is 89.9 Å². The molecule has 442 valence electrons. The van der Waals surface area contributed by atoms with Crippen LogP contribution in [-0.4, -0.2) is 193 Å². The maximum absolute atomic E-state index is 13.3. The Balaban J connectivity index is 1.52. The van der Waals surface area contributed by atoms with E-state index >= 15 is 0 Å². The van der Waals surface area contributed by atoms with Gasteiger partial charge in [0.15, 0.2) is 18.9 Å². The van der Waals surface area contributed by atoms with E-state index in [9.17, 15) is 61.0 Å². The molecule has 75 heavy (non-hydrogen) atoms. The standard InChI is InChI=1S/C56H105NO18/c1-3-5-7-9-11-13-15-17-19-20-21-23-25-27-29-31-33-40(61)39(57-44(62)34-32-30-28-26-24-22-18-16-14-12-10-8-6-4-2)38-70-54-50(68)47(65)52(42(36-59)72-54)75-56-51(69)48(66)53(43(37-60)73-56)74-55-49(67)46(64)45(63)41(35-58)71-55/h31,33,39-43,45-56,58-61,63-69H,3-30,32,34-38H2,1-2H3,(H,57,62)/b33-31+. The minimum absolute atomic E-state index is 0.248. The molecule has 17 atom stereocenters. The molecule has 3 fully saturated rings. The highest BCUT2D eigenvalue weighted by atomic mass is 16.8. The van der Waals surface area contributed by atoms with E-state index in [4.69, 9.17) is 28.4 Å². The lowest BCUT2D eigenvalue weighted by molar-refractivity contribution is -0.379. The molecule has 3 aliphatic heterocycles. The van der Waals surface area contributed by atoms with E-state index in [1.54, 1.807) is 6.08 Å². The number of aliphatic hydroxyl groups is 11. The lowest BCUT2D eigenvalue weighted by atomic mass is 9.96. The zero-order valence-corrected chi connectivity index (χ0v) is 45.8. The first-order valence-corrected chi connectivity index (χ1v) is 29.4. The molecule has 3 aliphatic rings. The highest BCUT2D eigenvalue weighted by Gasteiger charge is 2.53. The van der Waals surface area contributed by atoms with Crippen LogP contribution in [0.5, 0.6) is 0 Å². The highest BCUT2D eigenvalue weighted by molar-refractivity contribution is 5.76. The number of rotatable bonds is 43. The van der Waals surface area contributed by atoms with Crippen LogP contribution in [0.25, 0.3) is 0 Å². The van der Waals surface area contributed by atoms with Gasteiger partial charge in [0, 0.05) is 6.42 Å². The van der Waals surface area contributed by atoms with Crippen LogP contribution < -0.4 is 5.32 Å². The number of carbonyl (C=O) groups is 1. The van der Waals surface area contributed by atoms with Crippen LogP contribution in [0.1, 0.15) is 206 Å². The molecule has 0 saturated carbocycles. The molecule has 0 radical (unpaired) electrons. The molecule has 19 heteroatoms. The van der Waals surface area contributed by atoms with Crippen molar-refractivity contribution in [1.82, 2.24) is 5.32 Å². The molecule has 0 aromatic heterocycles. The number of hydrogen-bond donors (Lipinski definition) is 12. The maximum atomic E-state index is 13.3. The van der Waals surface area contributed by atoms with E-state index in [0.717, 1.165) is 44.9 Å². The molecule has 1 amide bonds. The molecule has 0 spiro atoms. The van der Waals surface area contributed by atoms with Gasteiger partial charge >= 0.3 is 0 Å². The van der Waals surface area contributed by atoms with Gasteiger partial charge in [-0.05, 0) is 19.3 Å². The smallest absolute Gasteiger partial charge is 0.220 e. The SMILES string of the molecule is CCCCCCCCCCCCCCCC/C=C/C(O)C(COC1OC(CO)C(OC2OC(CO)C(OC3OC(CO)C(O)C(O)C3O)C(O)C2O)C(O)C1O)NC(=O)CCCCCCCCCCCCCCCC. The van der Waals surface area contributed by atoms with Crippen molar-refractivity contribution in [2.24, 2.45) is 0 Å². The molecule has 0 aromatic carbocycles. The Labute approximate surface area is 448 Å². The minimum Gasteiger partial charge on any atom is -0.394 e. The molecule has 0 aliphatic carbocycles. The van der Waals surface area contributed by atoms with Gasteiger partial charge in [-0.15, -0.1) is 0 Å². The first kappa shape index (κ1) is 67.8. The van der Waals surface area contributed by atoms with Gasteiger partial charge in [-0.3, -0.25) is 4.79 Å². The van der Waals surface area contributed by atoms with Crippen molar-refractivity contribution >= 4 is 5.91 Å². The molecule has 3 saturated heterocycles. The van der Waals surface area contributed by atoms with Gasteiger partial charge in [0.1, 0.15) is 73.2 Å². The Morgan fingerprint density at radius 3 is 1.25 bits per heavy atom. The lowest BCUT2D eigenvalue weighted by Gasteiger charge is -2.48. The van der Waals surface area contributed by atoms with E-state index in [1.807, 2.05) is 6.08 Å². The van der Waals surface area contributed by atoms with Gasteiger partial charge in [0.05, 0.1) is 38.6 Å². The van der Waals surface area contributed by atoms with E-state index in [0.29, 0.717) is 6.42 Å². The third-order valence-corrected chi connectivity index (χ3v) is 15.1. The second-order valence-electron chi connectivity index (χ2n) is 21.5. The number of aliphatic hydroxyl groups excluding tert-OH is 11. The van der Waals surface area contributed by atoms with Crippen molar-refractivity contribution in [3.8, 4) is 0 Å². The Kier molecular flexibility index (Phi) is 36.8. The van der Waals surface area contributed by atoms with Gasteiger partial charge in [-0.1, -0.05) is 193 Å². The Bertz CT molecular complexity index is 1430.